The Morgan fingerprint density at radius 3 is 2.30 bits per heavy atom. The van der Waals surface area contributed by atoms with Crippen LogP contribution in [0, 0.1) is 5.92 Å². The number of benzene rings is 2. The van der Waals surface area contributed by atoms with Crippen LogP contribution in [0.5, 0.6) is 23.0 Å². The van der Waals surface area contributed by atoms with E-state index in [4.69, 9.17) is 23.7 Å². The number of nitrogens with zero attached hydrogens (tertiary/aromatic N) is 1. The maximum absolute atomic E-state index is 12.6. The van der Waals surface area contributed by atoms with Gasteiger partial charge in [0.15, 0.2) is 11.5 Å². The Bertz CT molecular complexity index is 902. The minimum absolute atomic E-state index is 0.0770. The summed E-state index contributed by atoms with van der Waals surface area (Å²) >= 11 is 0. The molecule has 0 aliphatic carbocycles. The molecule has 1 amide bonds. The summed E-state index contributed by atoms with van der Waals surface area (Å²) < 4.78 is 26.6. The van der Waals surface area contributed by atoms with Crippen LogP contribution in [0.1, 0.15) is 12.0 Å². The Kier molecular flexibility index (Phi) is 6.66. The Morgan fingerprint density at radius 1 is 1.00 bits per heavy atom. The fourth-order valence-corrected chi connectivity index (χ4v) is 3.37. The van der Waals surface area contributed by atoms with E-state index in [2.05, 4.69) is 0 Å². The van der Waals surface area contributed by atoms with Crippen molar-refractivity contribution in [3.05, 3.63) is 42.0 Å². The number of rotatable bonds is 8. The molecule has 1 fully saturated rings. The molecule has 0 aromatic heterocycles. The fourth-order valence-electron chi connectivity index (χ4n) is 3.37. The number of hydrogen-bond donors (Lipinski definition) is 0. The van der Waals surface area contributed by atoms with Crippen molar-refractivity contribution in [2.24, 2.45) is 5.92 Å². The predicted molar refractivity (Wildman–Crippen MR) is 109 cm³/mol. The zero-order valence-corrected chi connectivity index (χ0v) is 17.5. The van der Waals surface area contributed by atoms with E-state index in [0.29, 0.717) is 28.7 Å². The SMILES string of the molecule is COc1cccc(COC(=O)[C@H]2CC(=O)N(c3cc(OC)c(OC)c(OC)c3)C2)c1. The van der Waals surface area contributed by atoms with E-state index in [1.807, 2.05) is 18.2 Å². The van der Waals surface area contributed by atoms with Crippen LogP contribution in [-0.2, 0) is 20.9 Å². The minimum atomic E-state index is -0.554. The zero-order valence-electron chi connectivity index (χ0n) is 17.5. The van der Waals surface area contributed by atoms with Gasteiger partial charge in [-0.05, 0) is 17.7 Å². The molecule has 1 aliphatic heterocycles. The molecular weight excluding hydrogens is 390 g/mol. The Labute approximate surface area is 175 Å². The third-order valence-electron chi connectivity index (χ3n) is 4.93. The normalized spacial score (nSPS) is 15.7. The summed E-state index contributed by atoms with van der Waals surface area (Å²) in [7, 11) is 6.10. The van der Waals surface area contributed by atoms with Crippen LogP contribution in [0.4, 0.5) is 5.69 Å². The highest BCUT2D eigenvalue weighted by Gasteiger charge is 2.37. The van der Waals surface area contributed by atoms with Crippen molar-refractivity contribution in [3.8, 4) is 23.0 Å². The van der Waals surface area contributed by atoms with Crippen LogP contribution < -0.4 is 23.8 Å². The number of methoxy groups -OCH3 is 4. The summed E-state index contributed by atoms with van der Waals surface area (Å²) in [4.78, 5) is 26.7. The molecule has 30 heavy (non-hydrogen) atoms. The van der Waals surface area contributed by atoms with Crippen LogP contribution in [0.15, 0.2) is 36.4 Å². The summed E-state index contributed by atoms with van der Waals surface area (Å²) in [6.45, 7) is 0.333. The highest BCUT2D eigenvalue weighted by atomic mass is 16.5. The van der Waals surface area contributed by atoms with E-state index in [-0.39, 0.29) is 25.5 Å². The van der Waals surface area contributed by atoms with Gasteiger partial charge in [-0.3, -0.25) is 9.59 Å². The molecule has 0 bridgehead atoms. The Morgan fingerprint density at radius 2 is 1.70 bits per heavy atom. The maximum Gasteiger partial charge on any atom is 0.311 e. The predicted octanol–water partition coefficient (Wildman–Crippen LogP) is 2.82. The fraction of sp³-hybridized carbons (Fsp3) is 0.364. The lowest BCUT2D eigenvalue weighted by atomic mass is 10.1. The second kappa shape index (κ2) is 9.39. The van der Waals surface area contributed by atoms with Gasteiger partial charge in [0.2, 0.25) is 11.7 Å². The monoisotopic (exact) mass is 415 g/mol. The molecular formula is C22H25NO7. The first kappa shape index (κ1) is 21.3. The van der Waals surface area contributed by atoms with E-state index in [1.165, 1.54) is 26.2 Å². The highest BCUT2D eigenvalue weighted by Crippen LogP contribution is 2.42. The third kappa shape index (κ3) is 4.42. The van der Waals surface area contributed by atoms with Gasteiger partial charge in [-0.1, -0.05) is 12.1 Å². The van der Waals surface area contributed by atoms with Crippen molar-refractivity contribution in [3.63, 3.8) is 0 Å². The van der Waals surface area contributed by atoms with Gasteiger partial charge < -0.3 is 28.6 Å². The van der Waals surface area contributed by atoms with Gasteiger partial charge in [0.1, 0.15) is 12.4 Å². The number of anilines is 1. The van der Waals surface area contributed by atoms with Crippen molar-refractivity contribution in [2.45, 2.75) is 13.0 Å². The van der Waals surface area contributed by atoms with E-state index >= 15 is 0 Å². The molecule has 0 saturated carbocycles. The van der Waals surface area contributed by atoms with Crippen LogP contribution in [0.2, 0.25) is 0 Å². The number of ether oxygens (including phenoxy) is 5. The van der Waals surface area contributed by atoms with Gasteiger partial charge in [-0.2, -0.15) is 0 Å². The molecule has 2 aromatic carbocycles. The van der Waals surface area contributed by atoms with Gasteiger partial charge in [-0.15, -0.1) is 0 Å². The summed E-state index contributed by atoms with van der Waals surface area (Å²) in [5, 5.41) is 0. The molecule has 0 radical (unpaired) electrons. The van der Waals surface area contributed by atoms with Crippen molar-refractivity contribution < 1.29 is 33.3 Å². The van der Waals surface area contributed by atoms with Gasteiger partial charge in [-0.25, -0.2) is 0 Å². The van der Waals surface area contributed by atoms with Crippen molar-refractivity contribution in [1.29, 1.82) is 0 Å². The maximum atomic E-state index is 12.6. The largest absolute Gasteiger partial charge is 0.497 e. The summed E-state index contributed by atoms with van der Waals surface area (Å²) in [6, 6.07) is 10.7. The van der Waals surface area contributed by atoms with Crippen molar-refractivity contribution in [2.75, 3.05) is 39.9 Å². The molecule has 0 spiro atoms. The first-order valence-corrected chi connectivity index (χ1v) is 9.40. The molecule has 160 valence electrons. The zero-order chi connectivity index (χ0) is 21.7. The standard InChI is InChI=1S/C22H25NO7/c1-26-17-7-5-6-14(8-17)13-30-22(25)15-9-20(24)23(12-15)16-10-18(27-2)21(29-4)19(11-16)28-3/h5-8,10-11,15H,9,12-13H2,1-4H3/t15-/m0/s1. The topological polar surface area (TPSA) is 83.5 Å². The molecule has 1 saturated heterocycles. The van der Waals surface area contributed by atoms with Gasteiger partial charge >= 0.3 is 5.97 Å². The van der Waals surface area contributed by atoms with Crippen LogP contribution in [0.3, 0.4) is 0 Å². The van der Waals surface area contributed by atoms with Gasteiger partial charge in [0.25, 0.3) is 0 Å². The van der Waals surface area contributed by atoms with E-state index in [9.17, 15) is 9.59 Å². The molecule has 1 atom stereocenters. The minimum Gasteiger partial charge on any atom is -0.497 e. The number of amides is 1. The summed E-state index contributed by atoms with van der Waals surface area (Å²) in [6.07, 6.45) is 0.0770. The smallest absolute Gasteiger partial charge is 0.311 e. The molecule has 1 heterocycles. The molecule has 1 aliphatic rings. The van der Waals surface area contributed by atoms with Crippen LogP contribution in [-0.4, -0.2) is 46.9 Å². The van der Waals surface area contributed by atoms with Crippen LogP contribution in [0.25, 0.3) is 0 Å². The average molecular weight is 415 g/mol. The summed E-state index contributed by atoms with van der Waals surface area (Å²) in [5.41, 5.74) is 1.38. The first-order chi connectivity index (χ1) is 14.5. The lowest BCUT2D eigenvalue weighted by Crippen LogP contribution is -2.26. The Hall–Kier alpha value is -3.42. The number of esters is 1. The molecule has 3 rings (SSSR count). The lowest BCUT2D eigenvalue weighted by molar-refractivity contribution is -0.149. The Balaban J connectivity index is 1.70. The number of carbonyl (C=O) groups excluding carboxylic acids is 2. The van der Waals surface area contributed by atoms with E-state index < -0.39 is 11.9 Å². The molecule has 8 heteroatoms. The second-order valence-corrected chi connectivity index (χ2v) is 6.75. The van der Waals surface area contributed by atoms with Crippen molar-refractivity contribution in [1.82, 2.24) is 0 Å². The molecule has 2 aromatic rings. The van der Waals surface area contributed by atoms with Crippen molar-refractivity contribution >= 4 is 17.6 Å². The lowest BCUT2D eigenvalue weighted by Gasteiger charge is -2.20. The van der Waals surface area contributed by atoms with Gasteiger partial charge in [0.05, 0.1) is 40.0 Å². The number of carbonyl (C=O) groups is 2. The third-order valence-corrected chi connectivity index (χ3v) is 4.93. The average Bonchev–Trinajstić information content (AvgIpc) is 3.18. The number of hydrogen-bond acceptors (Lipinski definition) is 7. The first-order valence-electron chi connectivity index (χ1n) is 9.40. The summed E-state index contributed by atoms with van der Waals surface area (Å²) in [5.74, 6) is 0.848. The molecule has 0 unspecified atom stereocenters. The molecule has 0 N–H and O–H groups in total. The quantitative estimate of drug-likeness (QED) is 0.613. The molecule has 8 nitrogen and oxygen atoms in total. The highest BCUT2D eigenvalue weighted by molar-refractivity contribution is 6.00. The van der Waals surface area contributed by atoms with E-state index in [1.54, 1.807) is 25.3 Å². The van der Waals surface area contributed by atoms with Gasteiger partial charge in [0, 0.05) is 25.1 Å². The van der Waals surface area contributed by atoms with E-state index in [0.717, 1.165) is 5.56 Å². The van der Waals surface area contributed by atoms with Crippen LogP contribution >= 0.6 is 0 Å². The second-order valence-electron chi connectivity index (χ2n) is 6.75.